The predicted octanol–water partition coefficient (Wildman–Crippen LogP) is 4.97. The fourth-order valence-corrected chi connectivity index (χ4v) is 4.95. The van der Waals surface area contributed by atoms with Crippen LogP contribution in [-0.2, 0) is 4.79 Å². The van der Waals surface area contributed by atoms with Gasteiger partial charge in [-0.3, -0.25) is 9.36 Å². The molecule has 0 amide bonds. The number of benzene rings is 3. The summed E-state index contributed by atoms with van der Waals surface area (Å²) < 4.78 is 27.8. The number of aryl methyl sites for hydroxylation is 1. The third kappa shape index (κ3) is 3.34. The summed E-state index contributed by atoms with van der Waals surface area (Å²) >= 11 is 0. The van der Waals surface area contributed by atoms with Crippen LogP contribution in [0.3, 0.4) is 0 Å². The lowest BCUT2D eigenvalue weighted by Gasteiger charge is -2.15. The first kappa shape index (κ1) is 20.5. The van der Waals surface area contributed by atoms with Gasteiger partial charge in [0.1, 0.15) is 29.7 Å². The highest BCUT2D eigenvalue weighted by atomic mass is 19.1. The smallest absolute Gasteiger partial charge is 0.304 e. The number of nitrogens with one attached hydrogen (secondary N) is 1. The number of hydrogen-bond donors (Lipinski definition) is 2. The van der Waals surface area contributed by atoms with Crippen molar-refractivity contribution < 1.29 is 23.8 Å². The monoisotopic (exact) mass is 459 g/mol. The van der Waals surface area contributed by atoms with Crippen LogP contribution in [0.1, 0.15) is 35.3 Å². The molecule has 2 atom stereocenters. The molecule has 2 N–H and O–H groups in total. The molecule has 0 saturated carbocycles. The lowest BCUT2D eigenvalue weighted by molar-refractivity contribution is -0.137. The van der Waals surface area contributed by atoms with Crippen molar-refractivity contribution in [2.24, 2.45) is 0 Å². The summed E-state index contributed by atoms with van der Waals surface area (Å²) in [6, 6.07) is 16.2. The highest BCUT2D eigenvalue weighted by Gasteiger charge is 2.30. The topological polar surface area (TPSA) is 85.6 Å². The second-order valence-electron chi connectivity index (χ2n) is 8.69. The number of hydrogen-bond acceptors (Lipinski definition) is 5. The van der Waals surface area contributed by atoms with E-state index < -0.39 is 5.97 Å². The molecule has 0 spiro atoms. The fraction of sp³-hybridized carbons (Fsp3) is 0.231. The number of carboxylic acid groups (broad SMARTS) is 1. The Balaban J connectivity index is 1.31. The van der Waals surface area contributed by atoms with E-state index in [0.29, 0.717) is 24.5 Å². The second-order valence-corrected chi connectivity index (χ2v) is 8.69. The van der Waals surface area contributed by atoms with E-state index in [1.807, 2.05) is 47.9 Å². The van der Waals surface area contributed by atoms with Crippen LogP contribution in [0.5, 0.6) is 11.5 Å². The molecule has 3 aromatic carbocycles. The van der Waals surface area contributed by atoms with Crippen LogP contribution in [0, 0.1) is 12.7 Å². The van der Waals surface area contributed by atoms with Crippen molar-refractivity contribution in [1.82, 2.24) is 9.55 Å². The van der Waals surface area contributed by atoms with Crippen molar-refractivity contribution >= 4 is 22.7 Å². The molecule has 0 fully saturated rings. The van der Waals surface area contributed by atoms with Gasteiger partial charge >= 0.3 is 5.97 Å². The quantitative estimate of drug-likeness (QED) is 0.438. The molecule has 172 valence electrons. The summed E-state index contributed by atoms with van der Waals surface area (Å²) in [5.74, 6) is 0.935. The largest absolute Gasteiger partial charge is 0.493 e. The molecular formula is C26H22FN3O4. The third-order valence-electron chi connectivity index (χ3n) is 6.47. The number of halogens is 1. The van der Waals surface area contributed by atoms with E-state index in [1.165, 1.54) is 12.1 Å². The zero-order valence-electron chi connectivity index (χ0n) is 18.4. The van der Waals surface area contributed by atoms with Crippen molar-refractivity contribution in [2.75, 3.05) is 18.5 Å². The predicted molar refractivity (Wildman–Crippen MR) is 125 cm³/mol. The van der Waals surface area contributed by atoms with E-state index in [1.54, 1.807) is 6.07 Å². The van der Waals surface area contributed by atoms with Gasteiger partial charge in [0, 0.05) is 34.9 Å². The summed E-state index contributed by atoms with van der Waals surface area (Å²) in [5, 5.41) is 12.6. The number of aliphatic carboxylic acids is 1. The minimum Gasteiger partial charge on any atom is -0.493 e. The van der Waals surface area contributed by atoms with Gasteiger partial charge < -0.3 is 19.9 Å². The number of nitrogens with zero attached hydrogens (tertiary/aromatic N) is 2. The van der Waals surface area contributed by atoms with Crippen LogP contribution in [0.25, 0.3) is 16.7 Å². The average molecular weight is 459 g/mol. The summed E-state index contributed by atoms with van der Waals surface area (Å²) in [7, 11) is 0. The van der Waals surface area contributed by atoms with Crippen LogP contribution in [-0.4, -0.2) is 33.8 Å². The number of imidazole rings is 1. The van der Waals surface area contributed by atoms with E-state index in [4.69, 9.17) is 14.6 Å². The van der Waals surface area contributed by atoms with Gasteiger partial charge in [-0.15, -0.1) is 0 Å². The minimum absolute atomic E-state index is 0.0542. The molecule has 4 aromatic rings. The van der Waals surface area contributed by atoms with Crippen LogP contribution in [0.15, 0.2) is 54.6 Å². The van der Waals surface area contributed by atoms with Crippen molar-refractivity contribution in [3.63, 3.8) is 0 Å². The van der Waals surface area contributed by atoms with E-state index in [2.05, 4.69) is 10.3 Å². The molecule has 8 heteroatoms. The van der Waals surface area contributed by atoms with Crippen molar-refractivity contribution in [2.45, 2.75) is 25.3 Å². The van der Waals surface area contributed by atoms with Crippen molar-refractivity contribution in [1.29, 1.82) is 0 Å². The van der Waals surface area contributed by atoms with Gasteiger partial charge in [-0.25, -0.2) is 9.37 Å². The molecule has 34 heavy (non-hydrogen) atoms. The highest BCUT2D eigenvalue weighted by molar-refractivity contribution is 5.79. The van der Waals surface area contributed by atoms with Gasteiger partial charge in [-0.1, -0.05) is 18.2 Å². The molecule has 2 unspecified atom stereocenters. The fourth-order valence-electron chi connectivity index (χ4n) is 4.95. The molecule has 2 aliphatic heterocycles. The third-order valence-corrected chi connectivity index (χ3v) is 6.47. The van der Waals surface area contributed by atoms with Crippen LogP contribution < -0.4 is 14.8 Å². The van der Waals surface area contributed by atoms with E-state index in [9.17, 15) is 9.18 Å². The van der Waals surface area contributed by atoms with Crippen LogP contribution >= 0.6 is 0 Å². The maximum atomic E-state index is 14.0. The lowest BCUT2D eigenvalue weighted by atomic mass is 9.97. The van der Waals surface area contributed by atoms with Gasteiger partial charge in [-0.2, -0.15) is 0 Å². The second kappa shape index (κ2) is 7.76. The molecule has 7 nitrogen and oxygen atoms in total. The van der Waals surface area contributed by atoms with Gasteiger partial charge in [0.15, 0.2) is 0 Å². The SMILES string of the molecule is Cc1nc2ccc(F)cc2n1-c1cccc2c1OCC2Nc1ccc2c(c1)OCC2CC(=O)O. The number of fused-ring (bicyclic) bond motifs is 3. The van der Waals surface area contributed by atoms with Crippen LogP contribution in [0.4, 0.5) is 10.1 Å². The number of aromatic nitrogens is 2. The number of carbonyl (C=O) groups is 1. The van der Waals surface area contributed by atoms with E-state index in [0.717, 1.165) is 39.6 Å². The Morgan fingerprint density at radius 1 is 1.15 bits per heavy atom. The molecule has 0 aliphatic carbocycles. The highest BCUT2D eigenvalue weighted by Crippen LogP contribution is 2.42. The molecule has 3 heterocycles. The number of para-hydroxylation sites is 1. The number of ether oxygens (including phenoxy) is 2. The first-order valence-electron chi connectivity index (χ1n) is 11.1. The van der Waals surface area contributed by atoms with Crippen molar-refractivity contribution in [3.8, 4) is 17.2 Å². The zero-order chi connectivity index (χ0) is 23.4. The molecule has 1 aromatic heterocycles. The molecule has 0 saturated heterocycles. The number of rotatable bonds is 5. The van der Waals surface area contributed by atoms with Gasteiger partial charge in [0.05, 0.1) is 35.8 Å². The van der Waals surface area contributed by atoms with Gasteiger partial charge in [0.2, 0.25) is 0 Å². The first-order chi connectivity index (χ1) is 16.5. The molecule has 0 bridgehead atoms. The Hall–Kier alpha value is -4.07. The number of carboxylic acids is 1. The average Bonchev–Trinajstić information content (AvgIpc) is 3.48. The van der Waals surface area contributed by atoms with E-state index >= 15 is 0 Å². The lowest BCUT2D eigenvalue weighted by Crippen LogP contribution is -2.11. The Morgan fingerprint density at radius 3 is 2.88 bits per heavy atom. The van der Waals surface area contributed by atoms with Crippen LogP contribution in [0.2, 0.25) is 0 Å². The minimum atomic E-state index is -0.831. The molecule has 0 radical (unpaired) electrons. The Morgan fingerprint density at radius 2 is 2.03 bits per heavy atom. The molecule has 2 aliphatic rings. The normalized spacial score (nSPS) is 18.3. The molecule has 6 rings (SSSR count). The Bertz CT molecular complexity index is 1450. The maximum absolute atomic E-state index is 14.0. The Kier molecular flexibility index (Phi) is 4.69. The summed E-state index contributed by atoms with van der Waals surface area (Å²) in [6.07, 6.45) is 0.0542. The standard InChI is InChI=1S/C26H22FN3O4/c1-14-28-20-8-5-16(27)10-23(20)30(14)22-4-2-3-19-21(13-34-26(19)22)29-17-6-7-18-15(9-25(31)32)12-33-24(18)11-17/h2-8,10-11,15,21,29H,9,12-13H2,1H3,(H,31,32). The van der Waals surface area contributed by atoms with Gasteiger partial charge in [-0.05, 0) is 31.2 Å². The Labute approximate surface area is 194 Å². The first-order valence-corrected chi connectivity index (χ1v) is 11.1. The summed E-state index contributed by atoms with van der Waals surface area (Å²) in [5.41, 5.74) is 5.03. The van der Waals surface area contributed by atoms with Crippen molar-refractivity contribution in [3.05, 3.63) is 77.4 Å². The maximum Gasteiger partial charge on any atom is 0.304 e. The van der Waals surface area contributed by atoms with Gasteiger partial charge in [0.25, 0.3) is 0 Å². The van der Waals surface area contributed by atoms with E-state index in [-0.39, 0.29) is 24.2 Å². The molecular weight excluding hydrogens is 437 g/mol. The number of anilines is 1. The summed E-state index contributed by atoms with van der Waals surface area (Å²) in [4.78, 5) is 15.7. The summed E-state index contributed by atoms with van der Waals surface area (Å²) in [6.45, 7) is 2.71. The zero-order valence-corrected chi connectivity index (χ0v) is 18.4.